The Labute approximate surface area is 111 Å². The van der Waals surface area contributed by atoms with E-state index in [1.54, 1.807) is 12.1 Å². The lowest BCUT2D eigenvalue weighted by molar-refractivity contribution is -0.384. The fraction of sp³-hybridized carbons (Fsp3) is 0.100. The highest BCUT2D eigenvalue weighted by atomic mass is 32.1. The van der Waals surface area contributed by atoms with Gasteiger partial charge in [0.05, 0.1) is 4.92 Å². The molecule has 0 atom stereocenters. The molecule has 1 aromatic heterocycles. The third kappa shape index (κ3) is 3.22. The maximum Gasteiger partial charge on any atom is 0.282 e. The van der Waals surface area contributed by atoms with Gasteiger partial charge in [-0.25, -0.2) is 0 Å². The molecule has 0 fully saturated rings. The molecule has 0 aliphatic rings. The molecule has 1 amide bonds. The van der Waals surface area contributed by atoms with Crippen LogP contribution >= 0.6 is 11.3 Å². The van der Waals surface area contributed by atoms with Crippen LogP contribution in [-0.4, -0.2) is 21.0 Å². The summed E-state index contributed by atoms with van der Waals surface area (Å²) in [5, 5.41) is 20.6. The van der Waals surface area contributed by atoms with Gasteiger partial charge in [0.2, 0.25) is 10.1 Å². The van der Waals surface area contributed by atoms with Gasteiger partial charge in [-0.1, -0.05) is 23.5 Å². The number of amides is 1. The highest BCUT2D eigenvalue weighted by Gasteiger charge is 2.11. The van der Waals surface area contributed by atoms with Crippen LogP contribution in [0.3, 0.4) is 0 Å². The van der Waals surface area contributed by atoms with E-state index in [1.165, 1.54) is 12.1 Å². The third-order valence-electron chi connectivity index (χ3n) is 2.24. The molecule has 1 aromatic carbocycles. The molecule has 0 radical (unpaired) electrons. The Balaban J connectivity index is 1.95. The molecule has 0 aliphatic heterocycles. The molecule has 0 saturated carbocycles. The van der Waals surface area contributed by atoms with Crippen molar-refractivity contribution in [2.24, 2.45) is 0 Å². The Hall–Kier alpha value is -2.55. The molecule has 9 heteroatoms. The van der Waals surface area contributed by atoms with Crippen LogP contribution in [0, 0.1) is 10.1 Å². The zero-order valence-electron chi connectivity index (χ0n) is 9.57. The average molecular weight is 279 g/mol. The highest BCUT2D eigenvalue weighted by Crippen LogP contribution is 2.13. The third-order valence-corrected chi connectivity index (χ3v) is 2.99. The first-order valence-corrected chi connectivity index (χ1v) is 5.98. The topological polar surface area (TPSA) is 124 Å². The fourth-order valence-electron chi connectivity index (χ4n) is 1.32. The van der Waals surface area contributed by atoms with Gasteiger partial charge in [0.15, 0.2) is 0 Å². The zero-order chi connectivity index (χ0) is 13.8. The predicted molar refractivity (Wildman–Crippen MR) is 68.6 cm³/mol. The molecule has 0 spiro atoms. The average Bonchev–Trinajstić information content (AvgIpc) is 2.83. The predicted octanol–water partition coefficient (Wildman–Crippen LogP) is 0.958. The van der Waals surface area contributed by atoms with Crippen LogP contribution in [0.25, 0.3) is 0 Å². The molecule has 98 valence electrons. The van der Waals surface area contributed by atoms with Gasteiger partial charge in [-0.15, -0.1) is 10.2 Å². The minimum atomic E-state index is -0.480. The summed E-state index contributed by atoms with van der Waals surface area (Å²) in [5.41, 5.74) is 6.12. The first-order chi connectivity index (χ1) is 9.06. The van der Waals surface area contributed by atoms with E-state index in [-0.39, 0.29) is 28.3 Å². The summed E-state index contributed by atoms with van der Waals surface area (Å²) in [6, 6.07) is 5.91. The molecule has 0 bridgehead atoms. The van der Waals surface area contributed by atoms with Gasteiger partial charge in [0.1, 0.15) is 0 Å². The number of benzene rings is 1. The summed E-state index contributed by atoms with van der Waals surface area (Å²) in [6.07, 6.45) is 0. The molecule has 1 heterocycles. The van der Waals surface area contributed by atoms with Crippen LogP contribution in [0.2, 0.25) is 0 Å². The van der Waals surface area contributed by atoms with Gasteiger partial charge >= 0.3 is 0 Å². The van der Waals surface area contributed by atoms with Crippen molar-refractivity contribution in [1.29, 1.82) is 0 Å². The second kappa shape index (κ2) is 5.40. The van der Waals surface area contributed by atoms with E-state index in [2.05, 4.69) is 15.5 Å². The van der Waals surface area contributed by atoms with Gasteiger partial charge in [-0.05, 0) is 5.56 Å². The summed E-state index contributed by atoms with van der Waals surface area (Å²) in [6.45, 7) is 0.246. The minimum absolute atomic E-state index is 0.00646. The van der Waals surface area contributed by atoms with E-state index in [0.717, 1.165) is 16.9 Å². The molecule has 0 aliphatic carbocycles. The summed E-state index contributed by atoms with van der Waals surface area (Å²) >= 11 is 0.992. The van der Waals surface area contributed by atoms with Gasteiger partial charge < -0.3 is 11.1 Å². The first kappa shape index (κ1) is 12.9. The molecule has 0 unspecified atom stereocenters. The number of nitrogens with two attached hydrogens (primary N) is 1. The van der Waals surface area contributed by atoms with Gasteiger partial charge in [-0.2, -0.15) is 0 Å². The van der Waals surface area contributed by atoms with E-state index in [1.807, 2.05) is 0 Å². The van der Waals surface area contributed by atoms with Crippen LogP contribution < -0.4 is 11.1 Å². The van der Waals surface area contributed by atoms with Crippen molar-refractivity contribution in [3.8, 4) is 0 Å². The van der Waals surface area contributed by atoms with Gasteiger partial charge in [0, 0.05) is 18.7 Å². The number of non-ortho nitro benzene ring substituents is 1. The van der Waals surface area contributed by atoms with E-state index >= 15 is 0 Å². The summed E-state index contributed by atoms with van der Waals surface area (Å²) < 4.78 is 0. The number of nitro groups is 1. The number of anilines is 1. The lowest BCUT2D eigenvalue weighted by Crippen LogP contribution is -2.22. The Morgan fingerprint density at radius 1 is 1.37 bits per heavy atom. The smallest absolute Gasteiger partial charge is 0.282 e. The van der Waals surface area contributed by atoms with Crippen LogP contribution in [0.5, 0.6) is 0 Å². The highest BCUT2D eigenvalue weighted by molar-refractivity contribution is 7.16. The molecule has 0 saturated heterocycles. The monoisotopic (exact) mass is 279 g/mol. The summed E-state index contributed by atoms with van der Waals surface area (Å²) in [5.74, 6) is -0.382. The number of carbonyl (C=O) groups is 1. The maximum atomic E-state index is 11.6. The molecular weight excluding hydrogens is 270 g/mol. The summed E-state index contributed by atoms with van der Waals surface area (Å²) in [4.78, 5) is 21.6. The second-order valence-electron chi connectivity index (χ2n) is 3.55. The number of nitrogens with zero attached hydrogens (tertiary/aromatic N) is 3. The van der Waals surface area contributed by atoms with Crippen LogP contribution in [-0.2, 0) is 6.54 Å². The van der Waals surface area contributed by atoms with Crippen LogP contribution in [0.1, 0.15) is 15.4 Å². The van der Waals surface area contributed by atoms with E-state index < -0.39 is 4.92 Å². The molecule has 19 heavy (non-hydrogen) atoms. The number of rotatable bonds is 4. The largest absolute Gasteiger partial charge is 0.374 e. The normalized spacial score (nSPS) is 10.1. The van der Waals surface area contributed by atoms with Gasteiger partial charge in [0.25, 0.3) is 11.6 Å². The first-order valence-electron chi connectivity index (χ1n) is 5.17. The van der Waals surface area contributed by atoms with Gasteiger partial charge in [-0.3, -0.25) is 14.9 Å². The molecule has 2 aromatic rings. The minimum Gasteiger partial charge on any atom is -0.374 e. The Bertz CT molecular complexity index is 610. The quantitative estimate of drug-likeness (QED) is 0.634. The number of carbonyl (C=O) groups excluding carboxylic acids is 1. The van der Waals surface area contributed by atoms with E-state index in [4.69, 9.17) is 5.73 Å². The van der Waals surface area contributed by atoms with Crippen molar-refractivity contribution >= 4 is 28.1 Å². The van der Waals surface area contributed by atoms with Crippen molar-refractivity contribution < 1.29 is 9.72 Å². The number of nitrogen functional groups attached to an aromatic ring is 1. The number of hydrogen-bond acceptors (Lipinski definition) is 7. The van der Waals surface area contributed by atoms with Crippen molar-refractivity contribution in [1.82, 2.24) is 15.5 Å². The Morgan fingerprint density at radius 3 is 2.58 bits per heavy atom. The Kier molecular flexibility index (Phi) is 3.66. The lowest BCUT2D eigenvalue weighted by atomic mass is 10.2. The second-order valence-corrected chi connectivity index (χ2v) is 4.56. The molecular formula is C10H9N5O3S. The number of nitrogens with one attached hydrogen (secondary N) is 1. The fourth-order valence-corrected chi connectivity index (χ4v) is 1.85. The van der Waals surface area contributed by atoms with Crippen molar-refractivity contribution in [2.75, 3.05) is 5.73 Å². The van der Waals surface area contributed by atoms with Crippen LogP contribution in [0.4, 0.5) is 10.8 Å². The number of aromatic nitrogens is 2. The molecule has 8 nitrogen and oxygen atoms in total. The SMILES string of the molecule is Nc1nnc(C(=O)NCc2ccc([N+](=O)[O-])cc2)s1. The Morgan fingerprint density at radius 2 is 2.05 bits per heavy atom. The lowest BCUT2D eigenvalue weighted by Gasteiger charge is -2.02. The zero-order valence-corrected chi connectivity index (χ0v) is 10.4. The van der Waals surface area contributed by atoms with Crippen molar-refractivity contribution in [3.05, 3.63) is 45.0 Å². The van der Waals surface area contributed by atoms with Crippen molar-refractivity contribution in [2.45, 2.75) is 6.54 Å². The maximum absolute atomic E-state index is 11.6. The van der Waals surface area contributed by atoms with Crippen LogP contribution in [0.15, 0.2) is 24.3 Å². The van der Waals surface area contributed by atoms with E-state index in [9.17, 15) is 14.9 Å². The standard InChI is InChI=1S/C10H9N5O3S/c11-10-14-13-9(19-10)8(16)12-5-6-1-3-7(4-2-6)15(17)18/h1-4H,5H2,(H2,11,14)(H,12,16). The summed E-state index contributed by atoms with van der Waals surface area (Å²) in [7, 11) is 0. The van der Waals surface area contributed by atoms with Crippen molar-refractivity contribution in [3.63, 3.8) is 0 Å². The van der Waals surface area contributed by atoms with E-state index in [0.29, 0.717) is 0 Å². The molecule has 3 N–H and O–H groups in total. The number of nitro benzene ring substituents is 1. The molecule has 2 rings (SSSR count). The number of hydrogen-bond donors (Lipinski definition) is 2.